The van der Waals surface area contributed by atoms with Gasteiger partial charge in [-0.1, -0.05) is 217 Å². The van der Waals surface area contributed by atoms with Crippen LogP contribution in [0.4, 0.5) is 0 Å². The van der Waals surface area contributed by atoms with Gasteiger partial charge in [0.25, 0.3) is 0 Å². The fourth-order valence-corrected chi connectivity index (χ4v) is 8.38. The van der Waals surface area contributed by atoms with Gasteiger partial charge in [-0.05, 0) is 57.8 Å². The third-order valence-electron chi connectivity index (χ3n) is 11.8. The number of quaternary nitrogens is 1. The monoisotopic (exact) mass is 896 g/mol. The number of aliphatic hydroxyl groups is 1. The first-order chi connectivity index (χ1) is 30.0. The van der Waals surface area contributed by atoms with Crippen LogP contribution in [0.1, 0.15) is 245 Å². The fourth-order valence-electron chi connectivity index (χ4n) is 7.64. The van der Waals surface area contributed by atoms with E-state index >= 15 is 0 Å². The van der Waals surface area contributed by atoms with Crippen molar-refractivity contribution in [3.8, 4) is 0 Å². The molecule has 3 N–H and O–H groups in total. The maximum absolute atomic E-state index is 12.9. The summed E-state index contributed by atoms with van der Waals surface area (Å²) in [7, 11) is 1.55. The highest BCUT2D eigenvalue weighted by Gasteiger charge is 2.27. The standard InChI is InChI=1S/C53H103N2O6P/c1-6-8-10-12-14-16-18-20-22-23-24-25-26-27-28-29-30-31-33-34-36-38-40-42-44-46-52(56)51(50-61-62(58,59)60-49-48-55(3,4)5)54-53(57)47-45-43-41-39-37-35-32-21-19-17-15-13-11-9-7-2/h21,32,36,38,44,46,51-52,56H,6-20,22-31,33-35,37,39-43,45,47-50H2,1-5H3,(H-,54,57,58,59)/p+1/b32-21-,38-36+,46-44+. The van der Waals surface area contributed by atoms with Crippen molar-refractivity contribution in [3.63, 3.8) is 0 Å². The first-order valence-electron chi connectivity index (χ1n) is 26.4. The summed E-state index contributed by atoms with van der Waals surface area (Å²) in [5.74, 6) is -0.194. The lowest BCUT2D eigenvalue weighted by atomic mass is 10.0. The van der Waals surface area contributed by atoms with Gasteiger partial charge in [0, 0.05) is 6.42 Å². The Hall–Kier alpha value is -1.28. The highest BCUT2D eigenvalue weighted by molar-refractivity contribution is 7.47. The number of phosphoric acid groups is 1. The van der Waals surface area contributed by atoms with E-state index in [1.807, 2.05) is 27.2 Å². The van der Waals surface area contributed by atoms with E-state index in [0.29, 0.717) is 17.4 Å². The fraction of sp³-hybridized carbons (Fsp3) is 0.868. The Bertz CT molecular complexity index is 1110. The van der Waals surface area contributed by atoms with E-state index in [0.717, 1.165) is 51.4 Å². The molecule has 0 bridgehead atoms. The van der Waals surface area contributed by atoms with Crippen LogP contribution in [0.2, 0.25) is 0 Å². The molecule has 0 saturated heterocycles. The molecule has 0 aromatic rings. The van der Waals surface area contributed by atoms with E-state index in [4.69, 9.17) is 9.05 Å². The number of unbranched alkanes of at least 4 members (excludes halogenated alkanes) is 31. The Morgan fingerprint density at radius 2 is 0.887 bits per heavy atom. The van der Waals surface area contributed by atoms with Crippen LogP contribution in [0.15, 0.2) is 36.5 Å². The van der Waals surface area contributed by atoms with Crippen molar-refractivity contribution in [1.29, 1.82) is 0 Å². The summed E-state index contributed by atoms with van der Waals surface area (Å²) in [6, 6.07) is -0.866. The molecule has 0 radical (unpaired) electrons. The zero-order valence-corrected chi connectivity index (χ0v) is 42.5. The second-order valence-electron chi connectivity index (χ2n) is 19.2. The topological polar surface area (TPSA) is 105 Å². The first-order valence-corrected chi connectivity index (χ1v) is 27.9. The number of phosphoric ester groups is 1. The van der Waals surface area contributed by atoms with E-state index in [1.165, 1.54) is 173 Å². The van der Waals surface area contributed by atoms with Gasteiger partial charge in [0.15, 0.2) is 0 Å². The molecule has 0 aliphatic carbocycles. The average Bonchev–Trinajstić information content (AvgIpc) is 3.23. The molecule has 8 nitrogen and oxygen atoms in total. The molecule has 0 aromatic carbocycles. The number of allylic oxidation sites excluding steroid dienone is 5. The van der Waals surface area contributed by atoms with Crippen molar-refractivity contribution in [2.45, 2.75) is 257 Å². The van der Waals surface area contributed by atoms with Gasteiger partial charge in [-0.2, -0.15) is 0 Å². The molecular weight excluding hydrogens is 792 g/mol. The molecule has 9 heteroatoms. The number of nitrogens with one attached hydrogen (secondary N) is 1. The molecule has 0 saturated carbocycles. The normalized spacial score (nSPS) is 14.4. The van der Waals surface area contributed by atoms with Gasteiger partial charge >= 0.3 is 7.82 Å². The largest absolute Gasteiger partial charge is 0.472 e. The summed E-state index contributed by atoms with van der Waals surface area (Å²) in [4.78, 5) is 23.2. The van der Waals surface area contributed by atoms with Gasteiger partial charge in [0.2, 0.25) is 5.91 Å². The van der Waals surface area contributed by atoms with Crippen LogP contribution >= 0.6 is 7.82 Å². The Morgan fingerprint density at radius 3 is 1.29 bits per heavy atom. The van der Waals surface area contributed by atoms with Crippen molar-refractivity contribution in [2.75, 3.05) is 40.9 Å². The third kappa shape index (κ3) is 46.7. The number of aliphatic hydroxyl groups excluding tert-OH is 1. The van der Waals surface area contributed by atoms with Gasteiger partial charge in [-0.15, -0.1) is 0 Å². The zero-order chi connectivity index (χ0) is 45.7. The van der Waals surface area contributed by atoms with Crippen LogP contribution in [0.5, 0.6) is 0 Å². The van der Waals surface area contributed by atoms with Crippen LogP contribution in [-0.2, 0) is 18.4 Å². The van der Waals surface area contributed by atoms with E-state index in [1.54, 1.807) is 6.08 Å². The Balaban J connectivity index is 4.30. The minimum Gasteiger partial charge on any atom is -0.387 e. The molecule has 0 heterocycles. The van der Waals surface area contributed by atoms with Crippen molar-refractivity contribution < 1.29 is 32.9 Å². The summed E-state index contributed by atoms with van der Waals surface area (Å²) < 4.78 is 23.6. The zero-order valence-electron chi connectivity index (χ0n) is 41.6. The van der Waals surface area contributed by atoms with E-state index in [2.05, 4.69) is 43.5 Å². The molecule has 366 valence electrons. The van der Waals surface area contributed by atoms with Crippen molar-refractivity contribution in [1.82, 2.24) is 5.32 Å². The number of rotatable bonds is 48. The maximum atomic E-state index is 12.9. The number of hydrogen-bond acceptors (Lipinski definition) is 5. The molecule has 0 rings (SSSR count). The van der Waals surface area contributed by atoms with Crippen molar-refractivity contribution in [3.05, 3.63) is 36.5 Å². The van der Waals surface area contributed by atoms with Crippen LogP contribution < -0.4 is 5.32 Å². The molecule has 3 atom stereocenters. The average molecular weight is 896 g/mol. The molecule has 0 fully saturated rings. The van der Waals surface area contributed by atoms with Gasteiger partial charge < -0.3 is 19.8 Å². The van der Waals surface area contributed by atoms with Crippen LogP contribution in [0.3, 0.4) is 0 Å². The first kappa shape index (κ1) is 60.7. The molecule has 0 aromatic heterocycles. The number of nitrogens with zero attached hydrogens (tertiary/aromatic N) is 1. The van der Waals surface area contributed by atoms with Crippen LogP contribution in [0, 0.1) is 0 Å². The quantitative estimate of drug-likeness (QED) is 0.0243. The Kier molecular flexibility index (Phi) is 44.0. The van der Waals surface area contributed by atoms with Crippen LogP contribution in [-0.4, -0.2) is 73.4 Å². The van der Waals surface area contributed by atoms with Crippen molar-refractivity contribution in [2.24, 2.45) is 0 Å². The minimum atomic E-state index is -4.35. The Morgan fingerprint density at radius 1 is 0.532 bits per heavy atom. The summed E-state index contributed by atoms with van der Waals surface area (Å²) >= 11 is 0. The molecule has 0 aliphatic rings. The van der Waals surface area contributed by atoms with E-state index < -0.39 is 20.0 Å². The Labute approximate surface area is 385 Å². The number of carbonyl (C=O) groups excluding carboxylic acids is 1. The molecule has 0 spiro atoms. The SMILES string of the molecule is CCCCCCCC/C=C\CCCCCCCC(=O)NC(COP(=O)(O)OCC[N+](C)(C)C)C(O)/C=C/CC/C=C/CCCCCCCCCCCCCCCCCCCCC. The minimum absolute atomic E-state index is 0.0549. The highest BCUT2D eigenvalue weighted by Crippen LogP contribution is 2.43. The molecule has 62 heavy (non-hydrogen) atoms. The van der Waals surface area contributed by atoms with Gasteiger partial charge in [-0.25, -0.2) is 4.57 Å². The smallest absolute Gasteiger partial charge is 0.387 e. The van der Waals surface area contributed by atoms with E-state index in [9.17, 15) is 19.4 Å². The lowest BCUT2D eigenvalue weighted by Crippen LogP contribution is -2.45. The molecule has 3 unspecified atom stereocenters. The maximum Gasteiger partial charge on any atom is 0.472 e. The van der Waals surface area contributed by atoms with Crippen LogP contribution in [0.25, 0.3) is 0 Å². The van der Waals surface area contributed by atoms with Gasteiger partial charge in [-0.3, -0.25) is 13.8 Å². The van der Waals surface area contributed by atoms with Crippen molar-refractivity contribution >= 4 is 13.7 Å². The second kappa shape index (κ2) is 44.9. The number of likely N-dealkylation sites (N-methyl/N-ethyl adjacent to an activating group) is 1. The molecule has 1 amide bonds. The lowest BCUT2D eigenvalue weighted by Gasteiger charge is -2.25. The number of carbonyl (C=O) groups is 1. The number of amides is 1. The van der Waals surface area contributed by atoms with E-state index in [-0.39, 0.29) is 19.1 Å². The summed E-state index contributed by atoms with van der Waals surface area (Å²) in [6.45, 7) is 4.80. The van der Waals surface area contributed by atoms with Gasteiger partial charge in [0.1, 0.15) is 13.2 Å². The second-order valence-corrected chi connectivity index (χ2v) is 20.7. The summed E-state index contributed by atoms with van der Waals surface area (Å²) in [5, 5.41) is 13.9. The molecular formula is C53H104N2O6P+. The predicted molar refractivity (Wildman–Crippen MR) is 268 cm³/mol. The molecule has 0 aliphatic heterocycles. The highest BCUT2D eigenvalue weighted by atomic mass is 31.2. The third-order valence-corrected chi connectivity index (χ3v) is 12.8. The summed E-state index contributed by atoms with van der Waals surface area (Å²) in [5.41, 5.74) is 0. The van der Waals surface area contributed by atoms with Gasteiger partial charge in [0.05, 0.1) is 39.9 Å². The predicted octanol–water partition coefficient (Wildman–Crippen LogP) is 15.4. The summed E-state index contributed by atoms with van der Waals surface area (Å²) in [6.07, 6.45) is 56.7. The number of hydrogen-bond donors (Lipinski definition) is 3. The lowest BCUT2D eigenvalue weighted by molar-refractivity contribution is -0.870.